The van der Waals surface area contributed by atoms with Crippen molar-refractivity contribution in [2.24, 2.45) is 0 Å². The van der Waals surface area contributed by atoms with Gasteiger partial charge in [0, 0.05) is 5.56 Å². The first-order valence-electron chi connectivity index (χ1n) is 4.56. The maximum absolute atomic E-state index is 12.2. The second-order valence-corrected chi connectivity index (χ2v) is 3.57. The number of aromatic hydroxyl groups is 1. The van der Waals surface area contributed by atoms with Crippen LogP contribution in [0.2, 0.25) is 0 Å². The largest absolute Gasteiger partial charge is 0.507 e. The third-order valence-corrected chi connectivity index (χ3v) is 2.26. The van der Waals surface area contributed by atoms with Crippen molar-refractivity contribution in [2.75, 3.05) is 0 Å². The maximum Gasteiger partial charge on any atom is 0.416 e. The van der Waals surface area contributed by atoms with Gasteiger partial charge < -0.3 is 5.11 Å². The number of phenolic OH excluding ortho intramolecular Hbond substituents is 1. The second-order valence-electron chi connectivity index (χ2n) is 3.57. The minimum absolute atomic E-state index is 0.316. The quantitative estimate of drug-likeness (QED) is 0.757. The number of benzene rings is 1. The predicted octanol–water partition coefficient (Wildman–Crippen LogP) is 3.59. The van der Waals surface area contributed by atoms with Crippen molar-refractivity contribution in [1.82, 2.24) is 0 Å². The smallest absolute Gasteiger partial charge is 0.416 e. The van der Waals surface area contributed by atoms with Gasteiger partial charge in [0.05, 0.1) is 5.56 Å². The standard InChI is InChI=1S/C11H9F3O/c12-11(13,14)9-4-3-8(10(15)6-9)5-7-1-2-7/h3-6,15H,1-2H2. The van der Waals surface area contributed by atoms with E-state index in [9.17, 15) is 18.3 Å². The maximum atomic E-state index is 12.2. The van der Waals surface area contributed by atoms with Crippen LogP contribution in [0.3, 0.4) is 0 Å². The van der Waals surface area contributed by atoms with E-state index in [0.717, 1.165) is 30.5 Å². The van der Waals surface area contributed by atoms with Crippen molar-refractivity contribution in [3.8, 4) is 5.75 Å². The fourth-order valence-corrected chi connectivity index (χ4v) is 1.28. The number of phenols is 1. The van der Waals surface area contributed by atoms with Crippen molar-refractivity contribution in [1.29, 1.82) is 0 Å². The lowest BCUT2D eigenvalue weighted by molar-refractivity contribution is -0.137. The molecule has 0 amide bonds. The van der Waals surface area contributed by atoms with Crippen molar-refractivity contribution < 1.29 is 18.3 Å². The number of rotatable bonds is 1. The molecule has 1 aliphatic rings. The first-order chi connectivity index (χ1) is 6.97. The molecule has 0 aromatic heterocycles. The van der Waals surface area contributed by atoms with Gasteiger partial charge in [0.1, 0.15) is 5.75 Å². The van der Waals surface area contributed by atoms with E-state index in [0.29, 0.717) is 5.56 Å². The Bertz CT molecular complexity index is 412. The van der Waals surface area contributed by atoms with E-state index in [1.807, 2.05) is 0 Å². The van der Waals surface area contributed by atoms with Gasteiger partial charge in [0.25, 0.3) is 0 Å². The number of allylic oxidation sites excluding steroid dienone is 1. The number of hydrogen-bond acceptors (Lipinski definition) is 1. The average molecular weight is 214 g/mol. The van der Waals surface area contributed by atoms with Crippen LogP contribution >= 0.6 is 0 Å². The third kappa shape index (κ3) is 2.32. The van der Waals surface area contributed by atoms with Crippen LogP contribution in [0.4, 0.5) is 13.2 Å². The lowest BCUT2D eigenvalue weighted by atomic mass is 10.1. The van der Waals surface area contributed by atoms with Crippen LogP contribution in [0, 0.1) is 0 Å². The first-order valence-corrected chi connectivity index (χ1v) is 4.56. The molecule has 0 bridgehead atoms. The van der Waals surface area contributed by atoms with Gasteiger partial charge in [-0.3, -0.25) is 0 Å². The zero-order valence-corrected chi connectivity index (χ0v) is 7.80. The van der Waals surface area contributed by atoms with Crippen LogP contribution in [-0.2, 0) is 6.18 Å². The van der Waals surface area contributed by atoms with Gasteiger partial charge in [-0.15, -0.1) is 0 Å². The molecule has 1 nitrogen and oxygen atoms in total. The summed E-state index contributed by atoms with van der Waals surface area (Å²) in [7, 11) is 0. The molecule has 1 aromatic carbocycles. The molecule has 0 saturated heterocycles. The van der Waals surface area contributed by atoms with Crippen LogP contribution in [0.25, 0.3) is 6.08 Å². The van der Waals surface area contributed by atoms with Crippen LogP contribution in [0.5, 0.6) is 5.75 Å². The fourth-order valence-electron chi connectivity index (χ4n) is 1.28. The second kappa shape index (κ2) is 3.29. The Balaban J connectivity index is 2.34. The molecule has 1 fully saturated rings. The Morgan fingerprint density at radius 1 is 1.20 bits per heavy atom. The normalized spacial score (nSPS) is 15.3. The zero-order chi connectivity index (χ0) is 11.1. The monoisotopic (exact) mass is 214 g/mol. The highest BCUT2D eigenvalue weighted by Crippen LogP contribution is 2.36. The van der Waals surface area contributed by atoms with Crippen molar-refractivity contribution in [3.05, 3.63) is 34.9 Å². The van der Waals surface area contributed by atoms with E-state index in [1.54, 1.807) is 6.08 Å². The van der Waals surface area contributed by atoms with E-state index in [4.69, 9.17) is 0 Å². The highest BCUT2D eigenvalue weighted by molar-refractivity contribution is 5.62. The van der Waals surface area contributed by atoms with Crippen LogP contribution in [-0.4, -0.2) is 5.11 Å². The van der Waals surface area contributed by atoms with E-state index in [2.05, 4.69) is 0 Å². The predicted molar refractivity (Wildman–Crippen MR) is 50.3 cm³/mol. The summed E-state index contributed by atoms with van der Waals surface area (Å²) in [4.78, 5) is 0. The molecule has 0 spiro atoms. The topological polar surface area (TPSA) is 20.2 Å². The number of alkyl halides is 3. The molecule has 0 radical (unpaired) electrons. The van der Waals surface area contributed by atoms with Crippen molar-refractivity contribution >= 4 is 6.08 Å². The molecule has 2 rings (SSSR count). The van der Waals surface area contributed by atoms with Gasteiger partial charge in [-0.05, 0) is 25.0 Å². The summed E-state index contributed by atoms with van der Waals surface area (Å²) in [5.74, 6) is -0.316. The summed E-state index contributed by atoms with van der Waals surface area (Å²) in [5, 5.41) is 9.39. The molecule has 15 heavy (non-hydrogen) atoms. The van der Waals surface area contributed by atoms with Crippen LogP contribution in [0.1, 0.15) is 24.0 Å². The summed E-state index contributed by atoms with van der Waals surface area (Å²) in [6.45, 7) is 0. The zero-order valence-electron chi connectivity index (χ0n) is 7.80. The molecule has 0 heterocycles. The van der Waals surface area contributed by atoms with E-state index < -0.39 is 11.7 Å². The molecule has 0 atom stereocenters. The average Bonchev–Trinajstić information content (AvgIpc) is 2.90. The lowest BCUT2D eigenvalue weighted by Crippen LogP contribution is -2.04. The molecule has 1 aromatic rings. The Morgan fingerprint density at radius 3 is 2.33 bits per heavy atom. The van der Waals surface area contributed by atoms with Gasteiger partial charge in [-0.2, -0.15) is 13.2 Å². The van der Waals surface area contributed by atoms with Gasteiger partial charge in [0.2, 0.25) is 0 Å². The third-order valence-electron chi connectivity index (χ3n) is 2.26. The molecular formula is C11H9F3O. The molecule has 1 saturated carbocycles. The van der Waals surface area contributed by atoms with Crippen molar-refractivity contribution in [2.45, 2.75) is 19.0 Å². The highest BCUT2D eigenvalue weighted by Gasteiger charge is 2.31. The summed E-state index contributed by atoms with van der Waals surface area (Å²) in [6, 6.07) is 3.03. The van der Waals surface area contributed by atoms with Gasteiger partial charge in [-0.1, -0.05) is 17.7 Å². The Labute approximate surface area is 84.9 Å². The molecule has 80 valence electrons. The van der Waals surface area contributed by atoms with Gasteiger partial charge in [0.15, 0.2) is 0 Å². The van der Waals surface area contributed by atoms with Gasteiger partial charge >= 0.3 is 6.18 Å². The fraction of sp³-hybridized carbons (Fsp3) is 0.273. The molecule has 1 aliphatic carbocycles. The summed E-state index contributed by atoms with van der Waals surface area (Å²) < 4.78 is 36.7. The van der Waals surface area contributed by atoms with E-state index in [1.165, 1.54) is 6.07 Å². The summed E-state index contributed by atoms with van der Waals surface area (Å²) in [5.41, 5.74) is 0.790. The minimum Gasteiger partial charge on any atom is -0.507 e. The first kappa shape index (κ1) is 10.1. The summed E-state index contributed by atoms with van der Waals surface area (Å²) >= 11 is 0. The minimum atomic E-state index is -4.40. The van der Waals surface area contributed by atoms with E-state index in [-0.39, 0.29) is 5.75 Å². The lowest BCUT2D eigenvalue weighted by Gasteiger charge is -2.07. The van der Waals surface area contributed by atoms with Crippen LogP contribution < -0.4 is 0 Å². The van der Waals surface area contributed by atoms with E-state index >= 15 is 0 Å². The van der Waals surface area contributed by atoms with Crippen molar-refractivity contribution in [3.63, 3.8) is 0 Å². The molecule has 0 aliphatic heterocycles. The molecule has 4 heteroatoms. The SMILES string of the molecule is Oc1cc(C(F)(F)F)ccc1C=C1CC1. The van der Waals surface area contributed by atoms with Crippen LogP contribution in [0.15, 0.2) is 23.8 Å². The Morgan fingerprint density at radius 2 is 1.87 bits per heavy atom. The number of halogens is 3. The highest BCUT2D eigenvalue weighted by atomic mass is 19.4. The summed E-state index contributed by atoms with van der Waals surface area (Å²) in [6.07, 6.45) is -0.723. The number of hydrogen-bond donors (Lipinski definition) is 1. The van der Waals surface area contributed by atoms with Gasteiger partial charge in [-0.25, -0.2) is 0 Å². The molecule has 1 N–H and O–H groups in total. The Kier molecular flexibility index (Phi) is 2.21. The molecular weight excluding hydrogens is 205 g/mol. The Hall–Kier alpha value is -1.45. The molecule has 0 unspecified atom stereocenters.